The first-order valence-corrected chi connectivity index (χ1v) is 16.3. The molecule has 0 spiro atoms. The molecule has 0 radical (unpaired) electrons. The number of rotatable bonds is 8. The van der Waals surface area contributed by atoms with Gasteiger partial charge in [-0.1, -0.05) is 24.8 Å². The Balaban J connectivity index is 1.75. The summed E-state index contributed by atoms with van der Waals surface area (Å²) in [5.41, 5.74) is 1.75. The molecule has 0 saturated carbocycles. The number of nitrogens with one attached hydrogen (secondary N) is 2. The standard InChI is InChI=1S/C24H22N3O4S2.CH2.Bi/c1-17(2)27(19-9-5-4-6-10-19)33(29,30)20-15-13-18(14-16-20)25-24(32)26-23(28)21-11-7-8-12-22(21)31-3;;/h4-6,8-16H,1H2,2-3H3,(H2,25,26,28,32);1H2;. The summed E-state index contributed by atoms with van der Waals surface area (Å²) in [5.74, 6) is 0.0359. The van der Waals surface area contributed by atoms with Crippen LogP contribution in [-0.2, 0) is 10.0 Å². The third-order valence-electron chi connectivity index (χ3n) is 4.83. The zero-order chi connectivity index (χ0) is 25.6. The van der Waals surface area contributed by atoms with Crippen LogP contribution in [0.15, 0.2) is 90.0 Å². The van der Waals surface area contributed by atoms with Crippen LogP contribution < -0.4 is 22.9 Å². The maximum atomic E-state index is 13.3. The number of benzene rings is 3. The van der Waals surface area contributed by atoms with E-state index in [9.17, 15) is 13.2 Å². The third kappa shape index (κ3) is 6.39. The van der Waals surface area contributed by atoms with E-state index in [0.717, 1.165) is 3.27 Å². The summed E-state index contributed by atoms with van der Waals surface area (Å²) in [5, 5.41) is 5.61. The number of carbonyl (C=O) groups excluding carboxylic acids is 1. The second kappa shape index (κ2) is 11.7. The quantitative estimate of drug-likeness (QED) is 0.277. The molecule has 0 aliphatic rings. The van der Waals surface area contributed by atoms with E-state index in [1.165, 1.54) is 23.5 Å². The molecule has 10 heteroatoms. The molecule has 0 saturated heterocycles. The van der Waals surface area contributed by atoms with Crippen LogP contribution in [0.25, 0.3) is 0 Å². The molecule has 0 heterocycles. The monoisotopic (exact) mass is 703 g/mol. The first kappa shape index (κ1) is 26.7. The molecular weight excluding hydrogens is 679 g/mol. The number of ether oxygens (including phenoxy) is 1. The van der Waals surface area contributed by atoms with Gasteiger partial charge in [-0.25, -0.2) is 12.7 Å². The summed E-state index contributed by atoms with van der Waals surface area (Å²) in [6.07, 6.45) is 0. The number of hydrogen-bond acceptors (Lipinski definition) is 5. The Morgan fingerprint density at radius 2 is 1.71 bits per heavy atom. The Morgan fingerprint density at radius 1 is 1.06 bits per heavy atom. The fourth-order valence-electron chi connectivity index (χ4n) is 3.25. The molecule has 0 fully saturated rings. The zero-order valence-electron chi connectivity index (χ0n) is 19.2. The Bertz CT molecular complexity index is 1380. The van der Waals surface area contributed by atoms with Gasteiger partial charge in [0.15, 0.2) is 0 Å². The van der Waals surface area contributed by atoms with Gasteiger partial charge in [0, 0.05) is 5.70 Å². The van der Waals surface area contributed by atoms with E-state index in [4.69, 9.17) is 17.0 Å². The topological polar surface area (TPSA) is 87.7 Å². The van der Waals surface area contributed by atoms with Crippen molar-refractivity contribution in [2.24, 2.45) is 0 Å². The number of anilines is 2. The number of para-hydroxylation sites is 1. The van der Waals surface area contributed by atoms with E-state index in [1.807, 2.05) is 12.1 Å². The Kier molecular flexibility index (Phi) is 8.89. The number of hydrogen-bond donors (Lipinski definition) is 2. The molecule has 1 amide bonds. The van der Waals surface area contributed by atoms with Gasteiger partial charge in [-0.3, -0.25) is 0 Å². The van der Waals surface area contributed by atoms with Gasteiger partial charge >= 0.3 is 155 Å². The summed E-state index contributed by atoms with van der Waals surface area (Å²) in [4.78, 5) is 12.8. The molecule has 0 aliphatic carbocycles. The van der Waals surface area contributed by atoms with Gasteiger partial charge in [0.05, 0.1) is 5.69 Å². The van der Waals surface area contributed by atoms with Crippen molar-refractivity contribution in [3.8, 4) is 5.75 Å². The van der Waals surface area contributed by atoms with Crippen molar-refractivity contribution in [1.29, 1.82) is 0 Å². The number of sulfonamides is 1. The van der Waals surface area contributed by atoms with Crippen molar-refractivity contribution < 1.29 is 17.9 Å². The second-order valence-corrected chi connectivity index (χ2v) is 12.7. The maximum absolute atomic E-state index is 13.3. The average molecular weight is 704 g/mol. The third-order valence-corrected chi connectivity index (χ3v) is 9.40. The normalized spacial score (nSPS) is 10.7. The minimum atomic E-state index is -3.88. The Hall–Kier alpha value is -2.94. The van der Waals surface area contributed by atoms with E-state index in [-0.39, 0.29) is 10.0 Å². The van der Waals surface area contributed by atoms with Crippen LogP contribution >= 0.6 is 12.2 Å². The predicted octanol–water partition coefficient (Wildman–Crippen LogP) is 3.31. The van der Waals surface area contributed by atoms with E-state index in [0.29, 0.717) is 28.4 Å². The molecule has 3 rings (SSSR count). The summed E-state index contributed by atoms with van der Waals surface area (Å²) in [6, 6.07) is 20.3. The zero-order valence-corrected chi connectivity index (χ0v) is 24.3. The summed E-state index contributed by atoms with van der Waals surface area (Å²) in [7, 11) is -2.38. The van der Waals surface area contributed by atoms with Crippen LogP contribution in [0.3, 0.4) is 0 Å². The van der Waals surface area contributed by atoms with Crippen LogP contribution in [-0.4, -0.2) is 53.5 Å². The molecule has 2 N–H and O–H groups in total. The van der Waals surface area contributed by atoms with Crippen LogP contribution in [0, 0.1) is 0 Å². The van der Waals surface area contributed by atoms with Crippen molar-refractivity contribution in [2.45, 2.75) is 11.8 Å². The molecule has 180 valence electrons. The van der Waals surface area contributed by atoms with E-state index in [1.54, 1.807) is 55.5 Å². The summed E-state index contributed by atoms with van der Waals surface area (Å²) < 4.78 is 38.1. The van der Waals surface area contributed by atoms with E-state index in [2.05, 4.69) is 21.4 Å². The van der Waals surface area contributed by atoms with Gasteiger partial charge in [-0.05, 0) is 19.1 Å². The van der Waals surface area contributed by atoms with Crippen LogP contribution in [0.1, 0.15) is 17.3 Å². The molecule has 0 aromatic heterocycles. The Morgan fingerprint density at radius 3 is 2.29 bits per heavy atom. The first-order chi connectivity index (χ1) is 16.7. The molecular formula is C25H24BiN3O4S2. The minimum absolute atomic E-state index is 0.0708. The van der Waals surface area contributed by atoms with Gasteiger partial charge in [-0.2, -0.15) is 0 Å². The number of amides is 1. The van der Waals surface area contributed by atoms with Gasteiger partial charge in [-0.15, -0.1) is 0 Å². The predicted molar refractivity (Wildman–Crippen MR) is 147 cm³/mol. The number of carbonyl (C=O) groups is 1. The summed E-state index contributed by atoms with van der Waals surface area (Å²) in [6.45, 7) is 5.45. The van der Waals surface area contributed by atoms with E-state index < -0.39 is 38.7 Å². The van der Waals surface area contributed by atoms with Crippen molar-refractivity contribution in [3.05, 3.63) is 90.6 Å². The Labute approximate surface area is 221 Å². The molecule has 0 unspecified atom stereocenters. The van der Waals surface area contributed by atoms with Crippen molar-refractivity contribution in [3.63, 3.8) is 0 Å². The fourth-order valence-corrected chi connectivity index (χ4v) is 6.52. The first-order valence-electron chi connectivity index (χ1n) is 10.3. The molecule has 0 bridgehead atoms. The molecule has 35 heavy (non-hydrogen) atoms. The van der Waals surface area contributed by atoms with Crippen molar-refractivity contribution >= 4 is 74.9 Å². The van der Waals surface area contributed by atoms with Gasteiger partial charge < -0.3 is 0 Å². The fraction of sp³-hybridized carbons (Fsp3) is 0.0800. The second-order valence-electron chi connectivity index (χ2n) is 7.32. The van der Waals surface area contributed by atoms with E-state index >= 15 is 0 Å². The molecule has 7 nitrogen and oxygen atoms in total. The molecule has 3 aromatic rings. The molecule has 0 atom stereocenters. The number of methoxy groups -OCH3 is 1. The molecule has 3 aromatic carbocycles. The van der Waals surface area contributed by atoms with Crippen molar-refractivity contribution in [1.82, 2.24) is 5.32 Å². The van der Waals surface area contributed by atoms with Gasteiger partial charge in [0.1, 0.15) is 0 Å². The number of nitrogens with zero attached hydrogens (tertiary/aromatic N) is 1. The van der Waals surface area contributed by atoms with Crippen LogP contribution in [0.2, 0.25) is 0 Å². The average Bonchev–Trinajstić information content (AvgIpc) is 2.84. The summed E-state index contributed by atoms with van der Waals surface area (Å²) >= 11 is 4.21. The van der Waals surface area contributed by atoms with Gasteiger partial charge in [0.2, 0.25) is 0 Å². The van der Waals surface area contributed by atoms with Crippen molar-refractivity contribution in [2.75, 3.05) is 16.7 Å². The van der Waals surface area contributed by atoms with Gasteiger partial charge in [0.25, 0.3) is 0 Å². The number of thiocarbonyl (C=S) groups is 1. The van der Waals surface area contributed by atoms with Crippen LogP contribution in [0.5, 0.6) is 5.75 Å². The molecule has 0 aliphatic heterocycles. The van der Waals surface area contributed by atoms with Crippen LogP contribution in [0.4, 0.5) is 11.4 Å². The SMILES string of the molecule is [CH2]=[Bi][c]1ccc(OC)c(C(=O)NC(=S)Nc2ccc(S(=O)(=O)N(C(=C)C)c3ccccc3)cc2)c1. The number of allylic oxidation sites excluding steroid dienone is 1.